The lowest BCUT2D eigenvalue weighted by atomic mass is 9.75. The lowest BCUT2D eigenvalue weighted by molar-refractivity contribution is 0.0776. The van der Waals surface area contributed by atoms with E-state index < -0.39 is 7.12 Å². The first kappa shape index (κ1) is 12.4. The molecule has 5 nitrogen and oxygen atoms in total. The van der Waals surface area contributed by atoms with Crippen molar-refractivity contribution >= 4 is 18.2 Å². The summed E-state index contributed by atoms with van der Waals surface area (Å²) < 4.78 is 7.63. The van der Waals surface area contributed by atoms with Crippen LogP contribution in [0, 0.1) is 0 Å². The summed E-state index contributed by atoms with van der Waals surface area (Å²) >= 11 is 0. The van der Waals surface area contributed by atoms with E-state index in [-0.39, 0.29) is 6.10 Å². The predicted molar refractivity (Wildman–Crippen MR) is 72.3 cm³/mol. The Hall–Kier alpha value is -1.63. The van der Waals surface area contributed by atoms with Crippen LogP contribution >= 0.6 is 0 Å². The van der Waals surface area contributed by atoms with Crippen LogP contribution in [-0.4, -0.2) is 33.3 Å². The quantitative estimate of drug-likeness (QED) is 0.788. The van der Waals surface area contributed by atoms with Gasteiger partial charge in [0.05, 0.1) is 24.0 Å². The number of aryl methyl sites for hydroxylation is 1. The SMILES string of the molecule is Cn1cnc2ccc(C3C=C(B(O)O)CCO3)cc21. The molecule has 1 atom stereocenters. The van der Waals surface area contributed by atoms with Gasteiger partial charge in [0, 0.05) is 7.05 Å². The van der Waals surface area contributed by atoms with Crippen LogP contribution in [0.3, 0.4) is 0 Å². The van der Waals surface area contributed by atoms with Gasteiger partial charge in [-0.25, -0.2) is 4.98 Å². The molecule has 1 unspecified atom stereocenters. The number of fused-ring (bicyclic) bond motifs is 1. The molecule has 2 heterocycles. The van der Waals surface area contributed by atoms with Crippen molar-refractivity contribution in [3.8, 4) is 0 Å². The molecule has 3 rings (SSSR count). The minimum atomic E-state index is -1.40. The molecular weight excluding hydrogens is 243 g/mol. The van der Waals surface area contributed by atoms with Gasteiger partial charge in [-0.1, -0.05) is 12.1 Å². The van der Waals surface area contributed by atoms with Crippen LogP contribution in [-0.2, 0) is 11.8 Å². The van der Waals surface area contributed by atoms with E-state index in [1.54, 1.807) is 12.4 Å². The Labute approximate surface area is 111 Å². The second-order valence-electron chi connectivity index (χ2n) is 4.76. The van der Waals surface area contributed by atoms with Gasteiger partial charge in [-0.05, 0) is 29.6 Å². The molecule has 1 aliphatic heterocycles. The van der Waals surface area contributed by atoms with Gasteiger partial charge >= 0.3 is 7.12 Å². The van der Waals surface area contributed by atoms with Crippen LogP contribution in [0.15, 0.2) is 36.1 Å². The van der Waals surface area contributed by atoms with Crippen LogP contribution in [0.4, 0.5) is 0 Å². The molecule has 0 spiro atoms. The maximum atomic E-state index is 9.24. The van der Waals surface area contributed by atoms with Gasteiger partial charge in [0.25, 0.3) is 0 Å². The molecule has 0 amide bonds. The first-order valence-electron chi connectivity index (χ1n) is 6.24. The molecule has 2 aromatic rings. The van der Waals surface area contributed by atoms with Gasteiger partial charge < -0.3 is 19.4 Å². The summed E-state index contributed by atoms with van der Waals surface area (Å²) in [6.07, 6.45) is 3.88. The summed E-state index contributed by atoms with van der Waals surface area (Å²) in [6.45, 7) is 0.498. The van der Waals surface area contributed by atoms with Crippen LogP contribution in [0.1, 0.15) is 18.1 Å². The van der Waals surface area contributed by atoms with Gasteiger partial charge in [-0.15, -0.1) is 0 Å². The first-order valence-corrected chi connectivity index (χ1v) is 6.24. The Bertz CT molecular complexity index is 636. The highest BCUT2D eigenvalue weighted by atomic mass is 16.5. The molecule has 1 aliphatic rings. The summed E-state index contributed by atoms with van der Waals surface area (Å²) in [5, 5.41) is 18.5. The molecule has 0 saturated carbocycles. The number of imidazole rings is 1. The van der Waals surface area contributed by atoms with Crippen molar-refractivity contribution in [2.45, 2.75) is 12.5 Å². The monoisotopic (exact) mass is 258 g/mol. The van der Waals surface area contributed by atoms with Crippen molar-refractivity contribution in [1.29, 1.82) is 0 Å². The molecule has 0 radical (unpaired) electrons. The van der Waals surface area contributed by atoms with Crippen molar-refractivity contribution in [3.63, 3.8) is 0 Å². The van der Waals surface area contributed by atoms with E-state index in [1.165, 1.54) is 0 Å². The van der Waals surface area contributed by atoms with Crippen LogP contribution in [0.5, 0.6) is 0 Å². The average molecular weight is 258 g/mol. The maximum absolute atomic E-state index is 9.24. The number of hydrogen-bond donors (Lipinski definition) is 2. The zero-order chi connectivity index (χ0) is 13.4. The van der Waals surface area contributed by atoms with E-state index in [2.05, 4.69) is 4.98 Å². The third-order valence-electron chi connectivity index (χ3n) is 3.46. The minimum Gasteiger partial charge on any atom is -0.423 e. The molecule has 19 heavy (non-hydrogen) atoms. The van der Waals surface area contributed by atoms with Gasteiger partial charge in [-0.2, -0.15) is 0 Å². The molecular formula is C13H15BN2O3. The topological polar surface area (TPSA) is 67.5 Å². The van der Waals surface area contributed by atoms with Crippen LogP contribution in [0.2, 0.25) is 0 Å². The van der Waals surface area contributed by atoms with Crippen molar-refractivity contribution in [1.82, 2.24) is 9.55 Å². The Kier molecular flexibility index (Phi) is 3.14. The summed E-state index contributed by atoms with van der Waals surface area (Å²) in [5.41, 5.74) is 3.58. The zero-order valence-electron chi connectivity index (χ0n) is 10.7. The lowest BCUT2D eigenvalue weighted by Gasteiger charge is -2.22. The van der Waals surface area contributed by atoms with Gasteiger partial charge in [-0.3, -0.25) is 0 Å². The van der Waals surface area contributed by atoms with Crippen molar-refractivity contribution in [2.75, 3.05) is 6.61 Å². The third-order valence-corrected chi connectivity index (χ3v) is 3.46. The number of nitrogens with zero attached hydrogens (tertiary/aromatic N) is 2. The second kappa shape index (κ2) is 4.81. The summed E-state index contributed by atoms with van der Waals surface area (Å²) in [5.74, 6) is 0. The van der Waals surface area contributed by atoms with Gasteiger partial charge in [0.2, 0.25) is 0 Å². The molecule has 0 fully saturated rings. The van der Waals surface area contributed by atoms with E-state index in [4.69, 9.17) is 4.74 Å². The molecule has 1 aromatic heterocycles. The van der Waals surface area contributed by atoms with E-state index >= 15 is 0 Å². The normalized spacial score (nSPS) is 19.5. The summed E-state index contributed by atoms with van der Waals surface area (Å²) in [6, 6.07) is 5.94. The van der Waals surface area contributed by atoms with E-state index in [9.17, 15) is 10.0 Å². The Balaban J connectivity index is 1.99. The first-order chi connectivity index (χ1) is 9.15. The standard InChI is InChI=1S/C13H15BN2O3/c1-16-8-15-11-3-2-9(6-12(11)16)13-7-10(14(17)18)4-5-19-13/h2-3,6-8,13,17-18H,4-5H2,1H3. The fourth-order valence-corrected chi connectivity index (χ4v) is 2.36. The zero-order valence-corrected chi connectivity index (χ0v) is 10.7. The highest BCUT2D eigenvalue weighted by molar-refractivity contribution is 6.50. The van der Waals surface area contributed by atoms with Crippen LogP contribution in [0.25, 0.3) is 11.0 Å². The Morgan fingerprint density at radius 1 is 1.42 bits per heavy atom. The number of rotatable bonds is 2. The van der Waals surface area contributed by atoms with Crippen LogP contribution < -0.4 is 0 Å². The molecule has 98 valence electrons. The van der Waals surface area contributed by atoms with Gasteiger partial charge in [0.1, 0.15) is 6.10 Å². The van der Waals surface area contributed by atoms with E-state index in [0.717, 1.165) is 16.6 Å². The van der Waals surface area contributed by atoms with Crippen molar-refractivity contribution in [2.24, 2.45) is 7.05 Å². The van der Waals surface area contributed by atoms with Crippen molar-refractivity contribution < 1.29 is 14.8 Å². The minimum absolute atomic E-state index is 0.232. The molecule has 0 aliphatic carbocycles. The summed E-state index contributed by atoms with van der Waals surface area (Å²) in [4.78, 5) is 4.27. The third kappa shape index (κ3) is 2.30. The van der Waals surface area contributed by atoms with E-state index in [1.807, 2.05) is 29.8 Å². The molecule has 0 saturated heterocycles. The fourth-order valence-electron chi connectivity index (χ4n) is 2.36. The number of hydrogen-bond acceptors (Lipinski definition) is 4. The molecule has 1 aromatic carbocycles. The van der Waals surface area contributed by atoms with Gasteiger partial charge in [0.15, 0.2) is 0 Å². The maximum Gasteiger partial charge on any atom is 0.484 e. The van der Waals surface area contributed by atoms with E-state index in [0.29, 0.717) is 18.5 Å². The Morgan fingerprint density at radius 3 is 3.05 bits per heavy atom. The molecule has 2 N–H and O–H groups in total. The highest BCUT2D eigenvalue weighted by Gasteiger charge is 2.23. The summed E-state index contributed by atoms with van der Waals surface area (Å²) in [7, 11) is 0.548. The van der Waals surface area contributed by atoms with Crippen molar-refractivity contribution in [3.05, 3.63) is 41.6 Å². The highest BCUT2D eigenvalue weighted by Crippen LogP contribution is 2.28. The largest absolute Gasteiger partial charge is 0.484 e. The fraction of sp³-hybridized carbons (Fsp3) is 0.308. The predicted octanol–water partition coefficient (Wildman–Crippen LogP) is 0.973. The number of benzene rings is 1. The average Bonchev–Trinajstić information content (AvgIpc) is 2.80. The second-order valence-corrected chi connectivity index (χ2v) is 4.76. The molecule has 6 heteroatoms. The Morgan fingerprint density at radius 2 is 2.26 bits per heavy atom. The number of aromatic nitrogens is 2. The lowest BCUT2D eigenvalue weighted by Crippen LogP contribution is -2.22. The smallest absolute Gasteiger partial charge is 0.423 e. The molecule has 0 bridgehead atoms. The number of ether oxygens (including phenoxy) is 1.